The zero-order chi connectivity index (χ0) is 11.6. The molecular formula is C9H18N2O3S. The maximum absolute atomic E-state index is 11.7. The first-order valence-corrected chi connectivity index (χ1v) is 7.08. The van der Waals surface area contributed by atoms with Crippen LogP contribution in [0.15, 0.2) is 0 Å². The lowest BCUT2D eigenvalue weighted by Gasteiger charge is -2.38. The molecule has 0 radical (unpaired) electrons. The average molecular weight is 234 g/mol. The number of nitrogens with zero attached hydrogens (tertiary/aromatic N) is 1. The summed E-state index contributed by atoms with van der Waals surface area (Å²) in [5.74, 6) is -0.678. The molecular weight excluding hydrogens is 216 g/mol. The van der Waals surface area contributed by atoms with Crippen LogP contribution in [0.2, 0.25) is 0 Å². The molecule has 1 amide bonds. The van der Waals surface area contributed by atoms with Crippen molar-refractivity contribution in [3.8, 4) is 0 Å². The van der Waals surface area contributed by atoms with Gasteiger partial charge in [-0.2, -0.15) is 0 Å². The number of rotatable bonds is 2. The second kappa shape index (κ2) is 4.49. The predicted octanol–water partition coefficient (Wildman–Crippen LogP) is -0.760. The summed E-state index contributed by atoms with van der Waals surface area (Å²) in [4.78, 5) is 13.3. The van der Waals surface area contributed by atoms with Crippen molar-refractivity contribution in [3.05, 3.63) is 0 Å². The summed E-state index contributed by atoms with van der Waals surface area (Å²) in [6.07, 6.45) is 1.08. The summed E-state index contributed by atoms with van der Waals surface area (Å²) in [6, 6.07) is 0.260. The zero-order valence-corrected chi connectivity index (χ0v) is 10.2. The lowest BCUT2D eigenvalue weighted by Crippen LogP contribution is -2.58. The molecule has 1 aliphatic rings. The lowest BCUT2D eigenvalue weighted by atomic mass is 10.1. The number of nitrogens with one attached hydrogen (secondary N) is 1. The molecule has 1 saturated heterocycles. The molecule has 2 atom stereocenters. The molecule has 15 heavy (non-hydrogen) atoms. The van der Waals surface area contributed by atoms with Gasteiger partial charge in [-0.25, -0.2) is 8.42 Å². The van der Waals surface area contributed by atoms with Gasteiger partial charge in [-0.3, -0.25) is 4.79 Å². The van der Waals surface area contributed by atoms with Gasteiger partial charge in [0.2, 0.25) is 5.91 Å². The Labute approximate surface area is 90.7 Å². The molecule has 0 aromatic carbocycles. The van der Waals surface area contributed by atoms with E-state index in [1.165, 1.54) is 0 Å². The number of piperazine rings is 1. The van der Waals surface area contributed by atoms with E-state index in [0.29, 0.717) is 6.54 Å². The van der Waals surface area contributed by atoms with E-state index in [2.05, 4.69) is 5.32 Å². The topological polar surface area (TPSA) is 66.5 Å². The van der Waals surface area contributed by atoms with Crippen LogP contribution in [0.1, 0.15) is 13.8 Å². The van der Waals surface area contributed by atoms with Gasteiger partial charge < -0.3 is 10.2 Å². The average Bonchev–Trinajstić information content (AvgIpc) is 2.06. The largest absolute Gasteiger partial charge is 0.336 e. The molecule has 1 rings (SSSR count). The molecule has 1 fully saturated rings. The quantitative estimate of drug-likeness (QED) is 0.682. The Hall–Kier alpha value is -0.620. The first kappa shape index (κ1) is 12.4. The van der Waals surface area contributed by atoms with Crippen LogP contribution in [0, 0.1) is 0 Å². The van der Waals surface area contributed by atoms with Crippen molar-refractivity contribution in [1.29, 1.82) is 0 Å². The van der Waals surface area contributed by atoms with E-state index < -0.39 is 9.84 Å². The highest BCUT2D eigenvalue weighted by atomic mass is 32.2. The molecule has 0 aliphatic carbocycles. The SMILES string of the molecule is CC1NCCN(C(=O)CS(C)(=O)=O)C1C. The number of carbonyl (C=O) groups is 1. The van der Waals surface area contributed by atoms with Gasteiger partial charge in [0.25, 0.3) is 0 Å². The van der Waals surface area contributed by atoms with Crippen LogP contribution < -0.4 is 5.32 Å². The van der Waals surface area contributed by atoms with Gasteiger partial charge in [-0.05, 0) is 13.8 Å². The van der Waals surface area contributed by atoms with Crippen molar-refractivity contribution < 1.29 is 13.2 Å². The van der Waals surface area contributed by atoms with Crippen LogP contribution in [0.25, 0.3) is 0 Å². The van der Waals surface area contributed by atoms with E-state index in [4.69, 9.17) is 0 Å². The monoisotopic (exact) mass is 234 g/mol. The minimum absolute atomic E-state index is 0.0491. The van der Waals surface area contributed by atoms with E-state index in [1.807, 2.05) is 13.8 Å². The fourth-order valence-electron chi connectivity index (χ4n) is 1.72. The van der Waals surface area contributed by atoms with Crippen molar-refractivity contribution in [2.75, 3.05) is 25.1 Å². The van der Waals surface area contributed by atoms with Crippen molar-refractivity contribution in [1.82, 2.24) is 10.2 Å². The Bertz CT molecular complexity index is 339. The Kier molecular flexibility index (Phi) is 3.72. The molecule has 88 valence electrons. The number of carbonyl (C=O) groups excluding carboxylic acids is 1. The molecule has 1 aliphatic heterocycles. The number of sulfone groups is 1. The fourth-order valence-corrected chi connectivity index (χ4v) is 2.33. The zero-order valence-electron chi connectivity index (χ0n) is 9.36. The van der Waals surface area contributed by atoms with E-state index in [-0.39, 0.29) is 23.7 Å². The first-order chi connectivity index (χ1) is 6.81. The summed E-state index contributed by atoms with van der Waals surface area (Å²) in [5.41, 5.74) is 0. The highest BCUT2D eigenvalue weighted by Gasteiger charge is 2.29. The number of hydrogen-bond acceptors (Lipinski definition) is 4. The summed E-state index contributed by atoms with van der Waals surface area (Å²) < 4.78 is 22.0. The number of hydrogen-bond donors (Lipinski definition) is 1. The van der Waals surface area contributed by atoms with Crippen LogP contribution in [-0.4, -0.2) is 56.4 Å². The normalized spacial score (nSPS) is 27.8. The van der Waals surface area contributed by atoms with Crippen molar-refractivity contribution >= 4 is 15.7 Å². The highest BCUT2D eigenvalue weighted by molar-refractivity contribution is 7.91. The summed E-state index contributed by atoms with van der Waals surface area (Å²) >= 11 is 0. The first-order valence-electron chi connectivity index (χ1n) is 5.02. The molecule has 0 aromatic heterocycles. The van der Waals surface area contributed by atoms with Crippen LogP contribution >= 0.6 is 0 Å². The Morgan fingerprint density at radius 1 is 1.47 bits per heavy atom. The van der Waals surface area contributed by atoms with Gasteiger partial charge in [-0.1, -0.05) is 0 Å². The predicted molar refractivity (Wildman–Crippen MR) is 58.4 cm³/mol. The summed E-state index contributed by atoms with van der Waals surface area (Å²) in [5, 5.41) is 3.24. The molecule has 1 N–H and O–H groups in total. The number of amides is 1. The van der Waals surface area contributed by atoms with Crippen molar-refractivity contribution in [2.45, 2.75) is 25.9 Å². The van der Waals surface area contributed by atoms with Crippen LogP contribution in [0.3, 0.4) is 0 Å². The van der Waals surface area contributed by atoms with Gasteiger partial charge in [0.15, 0.2) is 9.84 Å². The highest BCUT2D eigenvalue weighted by Crippen LogP contribution is 2.09. The third-order valence-electron chi connectivity index (χ3n) is 2.74. The van der Waals surface area contributed by atoms with E-state index >= 15 is 0 Å². The van der Waals surface area contributed by atoms with Crippen LogP contribution in [0.4, 0.5) is 0 Å². The standard InChI is InChI=1S/C9H18N2O3S/c1-7-8(2)11(5-4-10-7)9(12)6-15(3,13)14/h7-8,10H,4-6H2,1-3H3. The molecule has 0 spiro atoms. The minimum atomic E-state index is -3.23. The third kappa shape index (κ3) is 3.46. The smallest absolute Gasteiger partial charge is 0.238 e. The molecule has 2 unspecified atom stereocenters. The van der Waals surface area contributed by atoms with Gasteiger partial charge in [0.1, 0.15) is 5.75 Å². The second-order valence-electron chi connectivity index (χ2n) is 4.14. The summed E-state index contributed by atoms with van der Waals surface area (Å²) in [7, 11) is -3.23. The van der Waals surface area contributed by atoms with Gasteiger partial charge >= 0.3 is 0 Å². The minimum Gasteiger partial charge on any atom is -0.336 e. The fraction of sp³-hybridized carbons (Fsp3) is 0.889. The van der Waals surface area contributed by atoms with Gasteiger partial charge in [0, 0.05) is 31.4 Å². The molecule has 0 bridgehead atoms. The second-order valence-corrected chi connectivity index (χ2v) is 6.28. The molecule has 0 aromatic rings. The maximum atomic E-state index is 11.7. The van der Waals surface area contributed by atoms with Gasteiger partial charge in [0.05, 0.1) is 0 Å². The summed E-state index contributed by atoms with van der Waals surface area (Å²) in [6.45, 7) is 5.22. The maximum Gasteiger partial charge on any atom is 0.238 e. The molecule has 5 nitrogen and oxygen atoms in total. The van der Waals surface area contributed by atoms with Crippen molar-refractivity contribution in [2.24, 2.45) is 0 Å². The van der Waals surface area contributed by atoms with Crippen LogP contribution in [-0.2, 0) is 14.6 Å². The molecule has 6 heteroatoms. The van der Waals surface area contributed by atoms with E-state index in [0.717, 1.165) is 12.8 Å². The van der Waals surface area contributed by atoms with Crippen molar-refractivity contribution in [3.63, 3.8) is 0 Å². The van der Waals surface area contributed by atoms with E-state index in [9.17, 15) is 13.2 Å². The molecule has 0 saturated carbocycles. The Morgan fingerprint density at radius 3 is 2.60 bits per heavy atom. The third-order valence-corrected chi connectivity index (χ3v) is 3.51. The van der Waals surface area contributed by atoms with Gasteiger partial charge in [-0.15, -0.1) is 0 Å². The Balaban J connectivity index is 2.67. The Morgan fingerprint density at radius 2 is 2.07 bits per heavy atom. The van der Waals surface area contributed by atoms with Crippen LogP contribution in [0.5, 0.6) is 0 Å². The molecule has 1 heterocycles. The lowest BCUT2D eigenvalue weighted by molar-refractivity contribution is -0.132. The van der Waals surface area contributed by atoms with E-state index in [1.54, 1.807) is 4.90 Å².